The molecule has 0 saturated carbocycles. The van der Waals surface area contributed by atoms with Gasteiger partial charge < -0.3 is 0 Å². The lowest BCUT2D eigenvalue weighted by atomic mass is 9.84. The fourth-order valence-corrected chi connectivity index (χ4v) is 2.79. The lowest BCUT2D eigenvalue weighted by Crippen LogP contribution is -2.05. The van der Waals surface area contributed by atoms with Gasteiger partial charge in [-0.3, -0.25) is 0 Å². The van der Waals surface area contributed by atoms with Crippen molar-refractivity contribution in [3.63, 3.8) is 0 Å². The van der Waals surface area contributed by atoms with E-state index in [4.69, 9.17) is 0 Å². The highest BCUT2D eigenvalue weighted by Gasteiger charge is 2.16. The summed E-state index contributed by atoms with van der Waals surface area (Å²) in [6.45, 7) is 2.22. The van der Waals surface area contributed by atoms with E-state index in [2.05, 4.69) is 13.0 Å². The Balaban J connectivity index is 1.94. The fraction of sp³-hybridized carbons (Fsp3) is 0.529. The lowest BCUT2D eigenvalue weighted by molar-refractivity contribution is 0.428. The standard InChI is InChI=1S/C17H22F2/c1-2-3-4-5-13-6-8-14(9-7-13)15-10-11-16(18)17(19)12-15/h8,10-13H,2-7,9H2,1H3. The van der Waals surface area contributed by atoms with Gasteiger partial charge in [-0.15, -0.1) is 0 Å². The van der Waals surface area contributed by atoms with Gasteiger partial charge in [-0.2, -0.15) is 0 Å². The first-order chi connectivity index (χ1) is 9.20. The predicted octanol–water partition coefficient (Wildman–Crippen LogP) is 5.73. The molecule has 0 fully saturated rings. The van der Waals surface area contributed by atoms with E-state index in [9.17, 15) is 8.78 Å². The molecule has 104 valence electrons. The van der Waals surface area contributed by atoms with Gasteiger partial charge in [0.1, 0.15) is 0 Å². The molecule has 0 N–H and O–H groups in total. The Morgan fingerprint density at radius 3 is 2.63 bits per heavy atom. The Bertz CT molecular complexity index is 449. The smallest absolute Gasteiger partial charge is 0.159 e. The SMILES string of the molecule is CCCCCC1CC=C(c2ccc(F)c(F)c2)CC1. The van der Waals surface area contributed by atoms with Gasteiger partial charge in [-0.1, -0.05) is 44.7 Å². The molecule has 1 aliphatic rings. The maximum atomic E-state index is 13.2. The molecule has 0 amide bonds. The summed E-state index contributed by atoms with van der Waals surface area (Å²) >= 11 is 0. The summed E-state index contributed by atoms with van der Waals surface area (Å²) in [4.78, 5) is 0. The van der Waals surface area contributed by atoms with Gasteiger partial charge in [-0.25, -0.2) is 8.78 Å². The Morgan fingerprint density at radius 1 is 1.16 bits per heavy atom. The van der Waals surface area contributed by atoms with Gasteiger partial charge in [0.25, 0.3) is 0 Å². The van der Waals surface area contributed by atoms with Gasteiger partial charge in [-0.05, 0) is 48.4 Å². The zero-order valence-corrected chi connectivity index (χ0v) is 11.6. The highest BCUT2D eigenvalue weighted by molar-refractivity contribution is 5.66. The summed E-state index contributed by atoms with van der Waals surface area (Å²) in [5.74, 6) is -0.735. The summed E-state index contributed by atoms with van der Waals surface area (Å²) < 4.78 is 26.1. The summed E-state index contributed by atoms with van der Waals surface area (Å²) in [6.07, 6.45) is 10.7. The van der Waals surface area contributed by atoms with E-state index in [1.165, 1.54) is 49.8 Å². The summed E-state index contributed by atoms with van der Waals surface area (Å²) in [5, 5.41) is 0. The van der Waals surface area contributed by atoms with Crippen LogP contribution < -0.4 is 0 Å². The van der Waals surface area contributed by atoms with Crippen LogP contribution in [0.25, 0.3) is 5.57 Å². The Labute approximate surface area is 114 Å². The molecule has 1 aromatic rings. The molecule has 0 aromatic heterocycles. The minimum absolute atomic E-state index is 0.747. The maximum Gasteiger partial charge on any atom is 0.159 e. The number of benzene rings is 1. The Hall–Kier alpha value is -1.18. The Kier molecular flexibility index (Phi) is 5.12. The van der Waals surface area contributed by atoms with Gasteiger partial charge in [0.2, 0.25) is 0 Å². The molecule has 19 heavy (non-hydrogen) atoms. The van der Waals surface area contributed by atoms with Crippen molar-refractivity contribution in [2.75, 3.05) is 0 Å². The van der Waals surface area contributed by atoms with E-state index in [-0.39, 0.29) is 0 Å². The van der Waals surface area contributed by atoms with Crippen LogP contribution in [0.5, 0.6) is 0 Å². The van der Waals surface area contributed by atoms with E-state index >= 15 is 0 Å². The molecule has 0 heterocycles. The second kappa shape index (κ2) is 6.83. The molecular weight excluding hydrogens is 242 g/mol. The van der Waals surface area contributed by atoms with E-state index in [0.717, 1.165) is 24.3 Å². The zero-order chi connectivity index (χ0) is 13.7. The maximum absolute atomic E-state index is 13.2. The summed E-state index contributed by atoms with van der Waals surface area (Å²) in [7, 11) is 0. The summed E-state index contributed by atoms with van der Waals surface area (Å²) in [5.41, 5.74) is 2.01. The molecule has 1 aromatic carbocycles. The van der Waals surface area contributed by atoms with Crippen LogP contribution in [-0.2, 0) is 0 Å². The molecule has 0 aliphatic heterocycles. The lowest BCUT2D eigenvalue weighted by Gasteiger charge is -2.22. The van der Waals surface area contributed by atoms with Crippen LogP contribution in [0.2, 0.25) is 0 Å². The van der Waals surface area contributed by atoms with Crippen molar-refractivity contribution in [2.45, 2.75) is 51.9 Å². The first-order valence-corrected chi connectivity index (χ1v) is 7.35. The van der Waals surface area contributed by atoms with E-state index < -0.39 is 11.6 Å². The normalized spacial score (nSPS) is 19.3. The largest absolute Gasteiger partial charge is 0.204 e. The second-order valence-electron chi connectivity index (χ2n) is 5.49. The van der Waals surface area contributed by atoms with Crippen molar-refractivity contribution in [3.05, 3.63) is 41.5 Å². The fourth-order valence-electron chi connectivity index (χ4n) is 2.79. The monoisotopic (exact) mass is 264 g/mol. The third kappa shape index (κ3) is 3.89. The van der Waals surface area contributed by atoms with E-state index in [1.807, 2.05) is 0 Å². The zero-order valence-electron chi connectivity index (χ0n) is 11.6. The average molecular weight is 264 g/mol. The van der Waals surface area contributed by atoms with E-state index in [0.29, 0.717) is 0 Å². The van der Waals surface area contributed by atoms with Gasteiger partial charge >= 0.3 is 0 Å². The molecule has 1 unspecified atom stereocenters. The van der Waals surface area contributed by atoms with Crippen molar-refractivity contribution in [3.8, 4) is 0 Å². The van der Waals surface area contributed by atoms with Crippen molar-refractivity contribution < 1.29 is 8.78 Å². The number of rotatable bonds is 5. The van der Waals surface area contributed by atoms with Gasteiger partial charge in [0.15, 0.2) is 11.6 Å². The van der Waals surface area contributed by atoms with Crippen LogP contribution in [0, 0.1) is 17.6 Å². The highest BCUT2D eigenvalue weighted by atomic mass is 19.2. The highest BCUT2D eigenvalue weighted by Crippen LogP contribution is 2.33. The molecular formula is C17H22F2. The average Bonchev–Trinajstić information content (AvgIpc) is 2.43. The third-order valence-electron chi connectivity index (χ3n) is 4.03. The molecule has 1 aliphatic carbocycles. The number of allylic oxidation sites excluding steroid dienone is 2. The van der Waals surface area contributed by atoms with Crippen molar-refractivity contribution in [1.82, 2.24) is 0 Å². The molecule has 0 saturated heterocycles. The molecule has 2 heteroatoms. The number of hydrogen-bond acceptors (Lipinski definition) is 0. The van der Waals surface area contributed by atoms with Crippen LogP contribution in [0.1, 0.15) is 57.4 Å². The quantitative estimate of drug-likeness (QED) is 0.596. The number of hydrogen-bond donors (Lipinski definition) is 0. The molecule has 2 rings (SSSR count). The van der Waals surface area contributed by atoms with Gasteiger partial charge in [0.05, 0.1) is 0 Å². The van der Waals surface area contributed by atoms with Crippen LogP contribution in [0.4, 0.5) is 8.78 Å². The van der Waals surface area contributed by atoms with Crippen molar-refractivity contribution >= 4 is 5.57 Å². The molecule has 1 atom stereocenters. The van der Waals surface area contributed by atoms with Crippen LogP contribution >= 0.6 is 0 Å². The summed E-state index contributed by atoms with van der Waals surface area (Å²) in [6, 6.07) is 4.22. The molecule has 0 bridgehead atoms. The molecule has 0 nitrogen and oxygen atoms in total. The minimum Gasteiger partial charge on any atom is -0.204 e. The predicted molar refractivity (Wildman–Crippen MR) is 75.8 cm³/mol. The van der Waals surface area contributed by atoms with Crippen molar-refractivity contribution in [1.29, 1.82) is 0 Å². The minimum atomic E-state index is -0.766. The first kappa shape index (κ1) is 14.2. The van der Waals surface area contributed by atoms with Crippen LogP contribution in [0.15, 0.2) is 24.3 Å². The number of unbranched alkanes of at least 4 members (excludes halogenated alkanes) is 2. The van der Waals surface area contributed by atoms with Crippen molar-refractivity contribution in [2.24, 2.45) is 5.92 Å². The topological polar surface area (TPSA) is 0 Å². The molecule has 0 spiro atoms. The number of halogens is 2. The van der Waals surface area contributed by atoms with E-state index in [1.54, 1.807) is 6.07 Å². The van der Waals surface area contributed by atoms with Gasteiger partial charge in [0, 0.05) is 0 Å². The molecule has 0 radical (unpaired) electrons. The first-order valence-electron chi connectivity index (χ1n) is 7.35. The Morgan fingerprint density at radius 2 is 2.00 bits per heavy atom. The second-order valence-corrected chi connectivity index (χ2v) is 5.49. The van der Waals surface area contributed by atoms with Crippen LogP contribution in [-0.4, -0.2) is 0 Å². The third-order valence-corrected chi connectivity index (χ3v) is 4.03. The van der Waals surface area contributed by atoms with Crippen LogP contribution in [0.3, 0.4) is 0 Å².